The summed E-state index contributed by atoms with van der Waals surface area (Å²) in [5.41, 5.74) is 3.14. The van der Waals surface area contributed by atoms with Gasteiger partial charge < -0.3 is 15.1 Å². The number of aryl methyl sites for hydroxylation is 2. The first kappa shape index (κ1) is 25.2. The predicted molar refractivity (Wildman–Crippen MR) is 141 cm³/mol. The molecule has 3 aromatic heterocycles. The molecular formula is C24H34IN7O. The van der Waals surface area contributed by atoms with Gasteiger partial charge in [0.25, 0.3) is 0 Å². The van der Waals surface area contributed by atoms with Crippen molar-refractivity contribution in [2.75, 3.05) is 26.7 Å². The van der Waals surface area contributed by atoms with Crippen molar-refractivity contribution in [1.29, 1.82) is 0 Å². The van der Waals surface area contributed by atoms with E-state index in [2.05, 4.69) is 42.7 Å². The van der Waals surface area contributed by atoms with E-state index < -0.39 is 0 Å². The van der Waals surface area contributed by atoms with Crippen LogP contribution in [0.5, 0.6) is 0 Å². The largest absolute Gasteiger partial charge is 0.468 e. The van der Waals surface area contributed by atoms with Crippen molar-refractivity contribution in [3.63, 3.8) is 0 Å². The number of aromatic nitrogens is 3. The summed E-state index contributed by atoms with van der Waals surface area (Å²) in [5, 5.41) is 11.4. The highest BCUT2D eigenvalue weighted by atomic mass is 127. The zero-order valence-corrected chi connectivity index (χ0v) is 22.0. The SMILES string of the molecule is CN=C(NCc1ccc(-n2nc(C)cc2C)nc1)NCC(c1ccco1)N1CCCCC1.I. The molecule has 1 unspecified atom stereocenters. The van der Waals surface area contributed by atoms with E-state index in [1.54, 1.807) is 13.3 Å². The van der Waals surface area contributed by atoms with Crippen molar-refractivity contribution in [3.8, 4) is 5.82 Å². The van der Waals surface area contributed by atoms with Crippen LogP contribution in [-0.4, -0.2) is 52.3 Å². The predicted octanol–water partition coefficient (Wildman–Crippen LogP) is 3.99. The lowest BCUT2D eigenvalue weighted by atomic mass is 10.1. The van der Waals surface area contributed by atoms with Crippen LogP contribution in [-0.2, 0) is 6.54 Å². The van der Waals surface area contributed by atoms with Gasteiger partial charge in [-0.05, 0) is 69.6 Å². The van der Waals surface area contributed by atoms with Gasteiger partial charge >= 0.3 is 0 Å². The van der Waals surface area contributed by atoms with Crippen molar-refractivity contribution in [2.45, 2.75) is 45.7 Å². The van der Waals surface area contributed by atoms with Gasteiger partial charge in [0.2, 0.25) is 0 Å². The lowest BCUT2D eigenvalue weighted by Gasteiger charge is -2.33. The molecule has 1 atom stereocenters. The molecule has 1 aliphatic heterocycles. The molecule has 1 saturated heterocycles. The van der Waals surface area contributed by atoms with Crippen molar-refractivity contribution >= 4 is 29.9 Å². The number of piperidine rings is 1. The lowest BCUT2D eigenvalue weighted by molar-refractivity contribution is 0.146. The second-order valence-electron chi connectivity index (χ2n) is 8.30. The average molecular weight is 563 g/mol. The van der Waals surface area contributed by atoms with E-state index in [-0.39, 0.29) is 30.0 Å². The van der Waals surface area contributed by atoms with Gasteiger partial charge in [0.1, 0.15) is 5.76 Å². The zero-order valence-electron chi connectivity index (χ0n) is 19.6. The fourth-order valence-electron chi connectivity index (χ4n) is 4.23. The highest BCUT2D eigenvalue weighted by molar-refractivity contribution is 14.0. The fraction of sp³-hybridized carbons (Fsp3) is 0.458. The molecule has 0 bridgehead atoms. The van der Waals surface area contributed by atoms with Gasteiger partial charge in [-0.3, -0.25) is 9.89 Å². The number of hydrogen-bond donors (Lipinski definition) is 2. The molecule has 8 nitrogen and oxygen atoms in total. The van der Waals surface area contributed by atoms with E-state index in [1.807, 2.05) is 42.9 Å². The van der Waals surface area contributed by atoms with Crippen LogP contribution in [0.2, 0.25) is 0 Å². The Hall–Kier alpha value is -2.40. The molecule has 178 valence electrons. The van der Waals surface area contributed by atoms with Gasteiger partial charge in [-0.1, -0.05) is 12.5 Å². The number of halogens is 1. The van der Waals surface area contributed by atoms with E-state index >= 15 is 0 Å². The maximum absolute atomic E-state index is 5.74. The number of rotatable bonds is 7. The lowest BCUT2D eigenvalue weighted by Crippen LogP contribution is -2.44. The Morgan fingerprint density at radius 3 is 2.58 bits per heavy atom. The molecule has 0 aromatic carbocycles. The molecule has 0 saturated carbocycles. The van der Waals surface area contributed by atoms with E-state index in [9.17, 15) is 0 Å². The van der Waals surface area contributed by atoms with Crippen LogP contribution in [0.4, 0.5) is 0 Å². The first-order valence-electron chi connectivity index (χ1n) is 11.3. The molecule has 3 aromatic rings. The van der Waals surface area contributed by atoms with Crippen LogP contribution in [0.25, 0.3) is 5.82 Å². The molecule has 33 heavy (non-hydrogen) atoms. The number of nitrogens with zero attached hydrogens (tertiary/aromatic N) is 5. The monoisotopic (exact) mass is 563 g/mol. The molecule has 0 radical (unpaired) electrons. The van der Waals surface area contributed by atoms with Gasteiger partial charge in [-0.25, -0.2) is 9.67 Å². The van der Waals surface area contributed by atoms with Gasteiger partial charge in [0, 0.05) is 32.0 Å². The van der Waals surface area contributed by atoms with Gasteiger partial charge in [-0.15, -0.1) is 24.0 Å². The normalized spacial score (nSPS) is 15.7. The first-order chi connectivity index (χ1) is 15.6. The highest BCUT2D eigenvalue weighted by Gasteiger charge is 2.24. The third-order valence-electron chi connectivity index (χ3n) is 5.89. The van der Waals surface area contributed by atoms with E-state index in [4.69, 9.17) is 4.42 Å². The summed E-state index contributed by atoms with van der Waals surface area (Å²) in [4.78, 5) is 11.5. The topological polar surface area (TPSA) is 83.5 Å². The van der Waals surface area contributed by atoms with Crippen molar-refractivity contribution in [3.05, 3.63) is 65.5 Å². The third kappa shape index (κ3) is 6.57. The van der Waals surface area contributed by atoms with Crippen LogP contribution < -0.4 is 10.6 Å². The molecule has 4 rings (SSSR count). The smallest absolute Gasteiger partial charge is 0.191 e. The third-order valence-corrected chi connectivity index (χ3v) is 5.89. The van der Waals surface area contributed by atoms with Crippen LogP contribution in [0.1, 0.15) is 48.0 Å². The maximum atomic E-state index is 5.74. The zero-order chi connectivity index (χ0) is 22.3. The molecular weight excluding hydrogens is 529 g/mol. The van der Waals surface area contributed by atoms with Gasteiger partial charge in [0.05, 0.1) is 18.0 Å². The number of guanidine groups is 1. The Labute approximate surface area is 212 Å². The molecule has 0 amide bonds. The minimum absolute atomic E-state index is 0. The number of furan rings is 1. The van der Waals surface area contributed by atoms with Crippen molar-refractivity contribution in [2.24, 2.45) is 4.99 Å². The summed E-state index contributed by atoms with van der Waals surface area (Å²) in [6.45, 7) is 7.61. The number of likely N-dealkylation sites (tertiary alicyclic amines) is 1. The first-order valence-corrected chi connectivity index (χ1v) is 11.3. The summed E-state index contributed by atoms with van der Waals surface area (Å²) in [5.74, 6) is 2.59. The Kier molecular flexibility index (Phi) is 9.30. The van der Waals surface area contributed by atoms with E-state index in [0.29, 0.717) is 6.54 Å². The number of nitrogens with one attached hydrogen (secondary N) is 2. The highest BCUT2D eigenvalue weighted by Crippen LogP contribution is 2.24. The average Bonchev–Trinajstić information content (AvgIpc) is 3.46. The Bertz CT molecular complexity index is 1010. The summed E-state index contributed by atoms with van der Waals surface area (Å²) >= 11 is 0. The van der Waals surface area contributed by atoms with Gasteiger partial charge in [0.15, 0.2) is 11.8 Å². The minimum Gasteiger partial charge on any atom is -0.468 e. The van der Waals surface area contributed by atoms with Gasteiger partial charge in [-0.2, -0.15) is 5.10 Å². The molecule has 0 spiro atoms. The number of pyridine rings is 1. The summed E-state index contributed by atoms with van der Waals surface area (Å²) in [6, 6.07) is 10.3. The van der Waals surface area contributed by atoms with Crippen LogP contribution in [0.3, 0.4) is 0 Å². The van der Waals surface area contributed by atoms with Crippen molar-refractivity contribution < 1.29 is 4.42 Å². The molecule has 1 aliphatic rings. The number of hydrogen-bond acceptors (Lipinski definition) is 5. The Balaban J connectivity index is 0.00000306. The molecule has 2 N–H and O–H groups in total. The second kappa shape index (κ2) is 12.2. The van der Waals surface area contributed by atoms with E-state index in [1.165, 1.54) is 19.3 Å². The maximum Gasteiger partial charge on any atom is 0.191 e. The Morgan fingerprint density at radius 1 is 1.15 bits per heavy atom. The Morgan fingerprint density at radius 2 is 1.97 bits per heavy atom. The molecule has 0 aliphatic carbocycles. The fourth-order valence-corrected chi connectivity index (χ4v) is 4.23. The summed E-state index contributed by atoms with van der Waals surface area (Å²) in [6.07, 6.45) is 7.42. The summed E-state index contributed by atoms with van der Waals surface area (Å²) < 4.78 is 7.61. The quantitative estimate of drug-likeness (QED) is 0.257. The second-order valence-corrected chi connectivity index (χ2v) is 8.30. The van der Waals surface area contributed by atoms with Crippen molar-refractivity contribution in [1.82, 2.24) is 30.3 Å². The van der Waals surface area contributed by atoms with Crippen LogP contribution >= 0.6 is 24.0 Å². The standard InChI is InChI=1S/C24H33N7O.HI/c1-18-14-19(2)31(29-18)23-10-9-20(15-26-23)16-27-24(25-3)28-17-21(22-8-7-13-32-22)30-11-5-4-6-12-30;/h7-10,13-15,21H,4-6,11-12,16-17H2,1-3H3,(H2,25,27,28);1H. The van der Waals surface area contributed by atoms with E-state index in [0.717, 1.165) is 54.1 Å². The molecule has 4 heterocycles. The van der Waals surface area contributed by atoms with Crippen LogP contribution in [0.15, 0.2) is 52.2 Å². The molecule has 1 fully saturated rings. The molecule has 9 heteroatoms. The summed E-state index contributed by atoms with van der Waals surface area (Å²) in [7, 11) is 1.79. The minimum atomic E-state index is 0. The number of aliphatic imine (C=N–C) groups is 1. The van der Waals surface area contributed by atoms with Crippen LogP contribution in [0, 0.1) is 13.8 Å².